The van der Waals surface area contributed by atoms with E-state index in [9.17, 15) is 14.4 Å². The van der Waals surface area contributed by atoms with Crippen LogP contribution in [0.5, 0.6) is 0 Å². The highest BCUT2D eigenvalue weighted by molar-refractivity contribution is 9.10. The first-order valence-corrected chi connectivity index (χ1v) is 8.17. The van der Waals surface area contributed by atoms with Crippen molar-refractivity contribution >= 4 is 39.4 Å². The van der Waals surface area contributed by atoms with Crippen LogP contribution in [0, 0.1) is 0 Å². The molecule has 2 amide bonds. The van der Waals surface area contributed by atoms with Gasteiger partial charge in [-0.05, 0) is 29.8 Å². The molecule has 1 aliphatic rings. The van der Waals surface area contributed by atoms with Gasteiger partial charge in [-0.15, -0.1) is 0 Å². The highest BCUT2D eigenvalue weighted by atomic mass is 79.9. The summed E-state index contributed by atoms with van der Waals surface area (Å²) in [6, 6.07) is 16.0. The first kappa shape index (κ1) is 16.9. The molecule has 0 saturated heterocycles. The molecule has 2 aromatic rings. The molecule has 2 N–H and O–H groups in total. The molecule has 3 rings (SSSR count). The van der Waals surface area contributed by atoms with Gasteiger partial charge in [-0.25, -0.2) is 4.79 Å². The van der Waals surface area contributed by atoms with Crippen LogP contribution in [-0.4, -0.2) is 17.8 Å². The number of rotatable bonds is 5. The fourth-order valence-electron chi connectivity index (χ4n) is 2.24. The van der Waals surface area contributed by atoms with Gasteiger partial charge in [0.1, 0.15) is 12.3 Å². The molecule has 2 aromatic carbocycles. The maximum atomic E-state index is 12.3. The van der Waals surface area contributed by atoms with Gasteiger partial charge in [-0.2, -0.15) is 0 Å². The third-order valence-corrected chi connectivity index (χ3v) is 3.99. The number of nitrogens with one attached hydrogen (secondary N) is 2. The van der Waals surface area contributed by atoms with E-state index in [4.69, 9.17) is 4.74 Å². The number of ether oxygens (including phenoxy) is 1. The van der Waals surface area contributed by atoms with Gasteiger partial charge in [0.15, 0.2) is 5.57 Å². The number of anilines is 1. The smallest absolute Gasteiger partial charge is 0.346 e. The van der Waals surface area contributed by atoms with E-state index in [1.807, 2.05) is 18.2 Å². The Kier molecular flexibility index (Phi) is 4.95. The van der Waals surface area contributed by atoms with Gasteiger partial charge >= 0.3 is 5.97 Å². The minimum Gasteiger partial charge on any atom is -0.457 e. The molecule has 0 radical (unpaired) electrons. The van der Waals surface area contributed by atoms with Crippen molar-refractivity contribution in [2.24, 2.45) is 0 Å². The second-order valence-electron chi connectivity index (χ2n) is 5.23. The third-order valence-electron chi connectivity index (χ3n) is 3.46. The zero-order valence-electron chi connectivity index (χ0n) is 12.9. The average Bonchev–Trinajstić information content (AvgIpc) is 2.89. The zero-order valence-corrected chi connectivity index (χ0v) is 14.5. The maximum Gasteiger partial charge on any atom is 0.346 e. The highest BCUT2D eigenvalue weighted by Crippen LogP contribution is 2.20. The Morgan fingerprint density at radius 3 is 2.36 bits per heavy atom. The number of carbonyl (C=O) groups is 3. The van der Waals surface area contributed by atoms with Crippen LogP contribution in [0.1, 0.15) is 5.56 Å². The molecule has 0 unspecified atom stereocenters. The molecule has 25 heavy (non-hydrogen) atoms. The second kappa shape index (κ2) is 7.31. The van der Waals surface area contributed by atoms with Gasteiger partial charge in [0.25, 0.3) is 11.8 Å². The van der Waals surface area contributed by atoms with Crippen molar-refractivity contribution < 1.29 is 19.1 Å². The molecule has 0 aliphatic carbocycles. The Morgan fingerprint density at radius 2 is 1.68 bits per heavy atom. The van der Waals surface area contributed by atoms with Crippen molar-refractivity contribution in [3.05, 3.63) is 75.9 Å². The largest absolute Gasteiger partial charge is 0.457 e. The van der Waals surface area contributed by atoms with Gasteiger partial charge < -0.3 is 10.1 Å². The maximum absolute atomic E-state index is 12.3. The third kappa shape index (κ3) is 3.95. The normalized spacial score (nSPS) is 13.6. The summed E-state index contributed by atoms with van der Waals surface area (Å²) in [5.41, 5.74) is 0.897. The summed E-state index contributed by atoms with van der Waals surface area (Å²) in [6.07, 6.45) is 0. The van der Waals surface area contributed by atoms with Crippen molar-refractivity contribution in [2.75, 3.05) is 5.32 Å². The second-order valence-corrected chi connectivity index (χ2v) is 6.14. The minimum absolute atomic E-state index is 0.0101. The summed E-state index contributed by atoms with van der Waals surface area (Å²) >= 11 is 3.31. The lowest BCUT2D eigenvalue weighted by atomic mass is 10.2. The number of hydrogen-bond donors (Lipinski definition) is 2. The Balaban J connectivity index is 1.80. The summed E-state index contributed by atoms with van der Waals surface area (Å²) in [6.45, 7) is 0.0101. The van der Waals surface area contributed by atoms with Crippen LogP contribution in [0.2, 0.25) is 0 Å². The molecule has 1 aliphatic heterocycles. The van der Waals surface area contributed by atoms with E-state index in [2.05, 4.69) is 26.6 Å². The van der Waals surface area contributed by atoms with Gasteiger partial charge in [0, 0.05) is 10.2 Å². The molecule has 6 nitrogen and oxygen atoms in total. The van der Waals surface area contributed by atoms with E-state index in [1.54, 1.807) is 36.4 Å². The van der Waals surface area contributed by atoms with Crippen LogP contribution in [0.4, 0.5) is 5.69 Å². The average molecular weight is 401 g/mol. The summed E-state index contributed by atoms with van der Waals surface area (Å²) in [7, 11) is 0. The van der Waals surface area contributed by atoms with E-state index < -0.39 is 17.8 Å². The SMILES string of the molecule is O=C1NC(=O)C(C(=O)OCc2ccccc2)=C1Nc1ccc(Br)cc1. The number of carbonyl (C=O) groups excluding carboxylic acids is 3. The van der Waals surface area contributed by atoms with Crippen molar-refractivity contribution in [3.8, 4) is 0 Å². The summed E-state index contributed by atoms with van der Waals surface area (Å²) in [4.78, 5) is 36.2. The summed E-state index contributed by atoms with van der Waals surface area (Å²) in [5.74, 6) is -2.30. The quantitative estimate of drug-likeness (QED) is 0.457. The number of esters is 1. The van der Waals surface area contributed by atoms with E-state index >= 15 is 0 Å². The molecule has 0 fully saturated rings. The number of amides is 2. The molecule has 0 atom stereocenters. The van der Waals surface area contributed by atoms with Crippen LogP contribution >= 0.6 is 15.9 Å². The molecule has 1 heterocycles. The summed E-state index contributed by atoms with van der Waals surface area (Å²) in [5, 5.41) is 4.91. The van der Waals surface area contributed by atoms with E-state index in [0.29, 0.717) is 5.69 Å². The summed E-state index contributed by atoms with van der Waals surface area (Å²) < 4.78 is 6.02. The molecule has 7 heteroatoms. The van der Waals surface area contributed by atoms with Gasteiger partial charge in [-0.1, -0.05) is 46.3 Å². The van der Waals surface area contributed by atoms with Crippen molar-refractivity contribution in [1.29, 1.82) is 0 Å². The van der Waals surface area contributed by atoms with E-state index in [-0.39, 0.29) is 17.9 Å². The first-order valence-electron chi connectivity index (χ1n) is 7.38. The van der Waals surface area contributed by atoms with Gasteiger partial charge in [-0.3, -0.25) is 14.9 Å². The Bertz CT molecular complexity index is 860. The first-order chi connectivity index (χ1) is 12.0. The van der Waals surface area contributed by atoms with E-state index in [1.165, 1.54) is 0 Å². The molecule has 0 saturated carbocycles. The van der Waals surface area contributed by atoms with Crippen molar-refractivity contribution in [3.63, 3.8) is 0 Å². The number of halogens is 1. The Labute approximate surface area is 152 Å². The number of imide groups is 1. The van der Waals surface area contributed by atoms with Crippen LogP contribution < -0.4 is 10.6 Å². The number of benzene rings is 2. The predicted molar refractivity (Wildman–Crippen MR) is 94.2 cm³/mol. The standard InChI is InChI=1S/C18H13BrN2O4/c19-12-6-8-13(9-7-12)20-15-14(16(22)21-17(15)23)18(24)25-10-11-4-2-1-3-5-11/h1-9H,10H2,(H2,20,21,22,23). The fourth-order valence-corrected chi connectivity index (χ4v) is 2.51. The van der Waals surface area contributed by atoms with Crippen LogP contribution in [0.25, 0.3) is 0 Å². The predicted octanol–water partition coefficient (Wildman–Crippen LogP) is 2.51. The monoisotopic (exact) mass is 400 g/mol. The van der Waals surface area contributed by atoms with Crippen LogP contribution in [0.15, 0.2) is 70.3 Å². The molecular formula is C18H13BrN2O4. The van der Waals surface area contributed by atoms with Gasteiger partial charge in [0.05, 0.1) is 0 Å². The molecule has 0 spiro atoms. The van der Waals surface area contributed by atoms with Gasteiger partial charge in [0.2, 0.25) is 0 Å². The van der Waals surface area contributed by atoms with Crippen molar-refractivity contribution in [2.45, 2.75) is 6.61 Å². The number of hydrogen-bond acceptors (Lipinski definition) is 5. The lowest BCUT2D eigenvalue weighted by Gasteiger charge is -2.08. The lowest BCUT2D eigenvalue weighted by Crippen LogP contribution is -2.25. The highest BCUT2D eigenvalue weighted by Gasteiger charge is 2.36. The topological polar surface area (TPSA) is 84.5 Å². The van der Waals surface area contributed by atoms with Crippen LogP contribution in [0.3, 0.4) is 0 Å². The Hall–Kier alpha value is -2.93. The molecular weight excluding hydrogens is 388 g/mol. The fraction of sp³-hybridized carbons (Fsp3) is 0.0556. The molecule has 0 aromatic heterocycles. The zero-order chi connectivity index (χ0) is 17.8. The van der Waals surface area contributed by atoms with Crippen LogP contribution in [-0.2, 0) is 25.7 Å². The Morgan fingerprint density at radius 1 is 1.00 bits per heavy atom. The van der Waals surface area contributed by atoms with Crippen molar-refractivity contribution in [1.82, 2.24) is 5.32 Å². The molecule has 126 valence electrons. The van der Waals surface area contributed by atoms with E-state index in [0.717, 1.165) is 10.0 Å². The lowest BCUT2D eigenvalue weighted by molar-refractivity contribution is -0.141. The minimum atomic E-state index is -0.855. The molecule has 0 bridgehead atoms.